The van der Waals surface area contributed by atoms with Crippen molar-refractivity contribution in [2.75, 3.05) is 5.01 Å². The van der Waals surface area contributed by atoms with Gasteiger partial charge >= 0.3 is 0 Å². The second-order valence-electron chi connectivity index (χ2n) is 5.57. The van der Waals surface area contributed by atoms with Crippen LogP contribution in [0, 0.1) is 6.92 Å². The Morgan fingerprint density at radius 2 is 2.25 bits per heavy atom. The summed E-state index contributed by atoms with van der Waals surface area (Å²) in [4.78, 5) is 18.2. The van der Waals surface area contributed by atoms with Crippen LogP contribution >= 0.6 is 22.7 Å². The van der Waals surface area contributed by atoms with E-state index in [0.29, 0.717) is 4.88 Å². The first kappa shape index (κ1) is 15.3. The number of thiophene rings is 1. The lowest BCUT2D eigenvalue weighted by molar-refractivity contribution is 0.102. The molecule has 0 radical (unpaired) electrons. The Morgan fingerprint density at radius 3 is 2.88 bits per heavy atom. The number of hydrogen-bond acceptors (Lipinski definition) is 7. The van der Waals surface area contributed by atoms with E-state index in [1.807, 2.05) is 35.5 Å². The molecule has 0 spiro atoms. The maximum Gasteiger partial charge on any atom is 0.207 e. The molecule has 7 heteroatoms. The van der Waals surface area contributed by atoms with Crippen LogP contribution in [0.2, 0.25) is 0 Å². The number of anilines is 1. The summed E-state index contributed by atoms with van der Waals surface area (Å²) in [6.07, 6.45) is 2.42. The van der Waals surface area contributed by atoms with E-state index >= 15 is 0 Å². The highest BCUT2D eigenvalue weighted by atomic mass is 32.1. The quantitative estimate of drug-likeness (QED) is 0.637. The van der Waals surface area contributed by atoms with E-state index in [0.717, 1.165) is 33.6 Å². The first-order chi connectivity index (χ1) is 11.6. The molecule has 122 valence electrons. The first-order valence-electron chi connectivity index (χ1n) is 7.56. The minimum absolute atomic E-state index is 0.0347. The maximum atomic E-state index is 11.8. The third-order valence-corrected chi connectivity index (χ3v) is 6.06. The molecular weight excluding hydrogens is 342 g/mol. The molecule has 0 N–H and O–H groups in total. The van der Waals surface area contributed by atoms with E-state index in [1.54, 1.807) is 24.5 Å². The van der Waals surface area contributed by atoms with Gasteiger partial charge < -0.3 is 4.42 Å². The number of carbonyl (C=O) groups excluding carboxylic acids is 1. The lowest BCUT2D eigenvalue weighted by atomic mass is 10.1. The zero-order valence-electron chi connectivity index (χ0n) is 13.2. The first-order valence-corrected chi connectivity index (χ1v) is 9.25. The Morgan fingerprint density at radius 1 is 1.38 bits per heavy atom. The van der Waals surface area contributed by atoms with Crippen molar-refractivity contribution < 1.29 is 9.21 Å². The van der Waals surface area contributed by atoms with Gasteiger partial charge in [-0.3, -0.25) is 4.79 Å². The molecule has 3 aromatic heterocycles. The Kier molecular flexibility index (Phi) is 3.82. The van der Waals surface area contributed by atoms with Crippen molar-refractivity contribution >= 4 is 39.3 Å². The maximum absolute atomic E-state index is 11.8. The van der Waals surface area contributed by atoms with Gasteiger partial charge in [0, 0.05) is 13.3 Å². The number of nitrogens with zero attached hydrogens (tertiary/aromatic N) is 3. The van der Waals surface area contributed by atoms with Gasteiger partial charge in [-0.2, -0.15) is 5.10 Å². The molecule has 0 fully saturated rings. The highest BCUT2D eigenvalue weighted by molar-refractivity contribution is 7.17. The van der Waals surface area contributed by atoms with Gasteiger partial charge in [-0.25, -0.2) is 9.99 Å². The molecule has 24 heavy (non-hydrogen) atoms. The van der Waals surface area contributed by atoms with E-state index in [-0.39, 0.29) is 11.8 Å². The SMILES string of the molecule is CC(=O)c1sc(N2N=C(c3cccs3)C[C@H]2c2ccco2)nc1C. The van der Waals surface area contributed by atoms with Crippen molar-refractivity contribution in [3.8, 4) is 0 Å². The van der Waals surface area contributed by atoms with Crippen molar-refractivity contribution in [2.45, 2.75) is 26.3 Å². The summed E-state index contributed by atoms with van der Waals surface area (Å²) in [7, 11) is 0. The Balaban J connectivity index is 1.76. The number of Topliss-reactive ketones (excluding diaryl/α,β-unsaturated/α-hetero) is 1. The number of thiazole rings is 1. The third-order valence-electron chi connectivity index (χ3n) is 3.89. The largest absolute Gasteiger partial charge is 0.467 e. The van der Waals surface area contributed by atoms with Crippen molar-refractivity contribution in [3.05, 3.63) is 57.1 Å². The molecule has 5 nitrogen and oxygen atoms in total. The van der Waals surface area contributed by atoms with Crippen LogP contribution in [-0.4, -0.2) is 16.5 Å². The van der Waals surface area contributed by atoms with Gasteiger partial charge in [-0.15, -0.1) is 11.3 Å². The second-order valence-corrected chi connectivity index (χ2v) is 7.50. The van der Waals surface area contributed by atoms with Gasteiger partial charge in [-0.1, -0.05) is 17.4 Å². The van der Waals surface area contributed by atoms with Gasteiger partial charge in [0.2, 0.25) is 5.13 Å². The molecule has 4 heterocycles. The molecule has 0 amide bonds. The fourth-order valence-electron chi connectivity index (χ4n) is 2.79. The summed E-state index contributed by atoms with van der Waals surface area (Å²) in [6, 6.07) is 7.89. The summed E-state index contributed by atoms with van der Waals surface area (Å²) in [5.74, 6) is 0.884. The Labute approximate surface area is 147 Å². The van der Waals surface area contributed by atoms with Crippen LogP contribution in [0.15, 0.2) is 45.4 Å². The van der Waals surface area contributed by atoms with Crippen molar-refractivity contribution in [3.63, 3.8) is 0 Å². The van der Waals surface area contributed by atoms with Crippen LogP contribution in [0.1, 0.15) is 45.4 Å². The summed E-state index contributed by atoms with van der Waals surface area (Å²) in [6.45, 7) is 3.43. The van der Waals surface area contributed by atoms with Gasteiger partial charge in [0.05, 0.1) is 27.4 Å². The molecule has 0 bridgehead atoms. The van der Waals surface area contributed by atoms with Gasteiger partial charge in [0.25, 0.3) is 0 Å². The number of rotatable bonds is 4. The summed E-state index contributed by atoms with van der Waals surface area (Å²) in [5.41, 5.74) is 1.77. The summed E-state index contributed by atoms with van der Waals surface area (Å²) in [5, 5.41) is 9.45. The molecule has 0 saturated heterocycles. The zero-order chi connectivity index (χ0) is 16.7. The number of aryl methyl sites for hydroxylation is 1. The smallest absolute Gasteiger partial charge is 0.207 e. The average molecular weight is 357 g/mol. The van der Waals surface area contributed by atoms with Crippen molar-refractivity contribution in [1.82, 2.24) is 4.98 Å². The normalized spacial score (nSPS) is 17.3. The van der Waals surface area contributed by atoms with Crippen molar-refractivity contribution in [2.24, 2.45) is 5.10 Å². The molecular formula is C17H15N3O2S2. The lowest BCUT2D eigenvalue weighted by Crippen LogP contribution is -2.17. The fraction of sp³-hybridized carbons (Fsp3) is 0.235. The van der Waals surface area contributed by atoms with Crippen LogP contribution in [-0.2, 0) is 0 Å². The van der Waals surface area contributed by atoms with Gasteiger partial charge in [0.1, 0.15) is 11.8 Å². The van der Waals surface area contributed by atoms with E-state index in [2.05, 4.69) is 11.1 Å². The molecule has 1 aliphatic rings. The molecule has 0 saturated carbocycles. The molecule has 4 rings (SSSR count). The number of hydrazone groups is 1. The Bertz CT molecular complexity index is 895. The highest BCUT2D eigenvalue weighted by Gasteiger charge is 2.34. The third kappa shape index (κ3) is 2.59. The fourth-order valence-corrected chi connectivity index (χ4v) is 4.47. The molecule has 0 aliphatic carbocycles. The predicted molar refractivity (Wildman–Crippen MR) is 96.3 cm³/mol. The molecule has 3 aromatic rings. The van der Waals surface area contributed by atoms with Crippen LogP contribution in [0.3, 0.4) is 0 Å². The van der Waals surface area contributed by atoms with Gasteiger partial charge in [0.15, 0.2) is 5.78 Å². The lowest BCUT2D eigenvalue weighted by Gasteiger charge is -2.18. The highest BCUT2D eigenvalue weighted by Crippen LogP contribution is 2.40. The predicted octanol–water partition coefficient (Wildman–Crippen LogP) is 4.66. The number of furan rings is 1. The number of hydrogen-bond donors (Lipinski definition) is 0. The molecule has 0 unspecified atom stereocenters. The van der Waals surface area contributed by atoms with Crippen LogP contribution in [0.5, 0.6) is 0 Å². The van der Waals surface area contributed by atoms with Crippen molar-refractivity contribution in [1.29, 1.82) is 0 Å². The molecule has 0 aromatic carbocycles. The van der Waals surface area contributed by atoms with Gasteiger partial charge in [-0.05, 0) is 30.5 Å². The Hall–Kier alpha value is -2.25. The minimum Gasteiger partial charge on any atom is -0.467 e. The summed E-state index contributed by atoms with van der Waals surface area (Å²) >= 11 is 3.06. The van der Waals surface area contributed by atoms with E-state index < -0.39 is 0 Å². The second kappa shape index (κ2) is 5.99. The average Bonchev–Trinajstić information content (AvgIpc) is 3.32. The van der Waals surface area contributed by atoms with Crippen LogP contribution in [0.4, 0.5) is 5.13 Å². The molecule has 1 atom stereocenters. The van der Waals surface area contributed by atoms with E-state index in [4.69, 9.17) is 9.52 Å². The summed E-state index contributed by atoms with van der Waals surface area (Å²) < 4.78 is 5.62. The van der Waals surface area contributed by atoms with Crippen LogP contribution < -0.4 is 5.01 Å². The minimum atomic E-state index is -0.0394. The monoisotopic (exact) mass is 357 g/mol. The van der Waals surface area contributed by atoms with E-state index in [9.17, 15) is 4.79 Å². The zero-order valence-corrected chi connectivity index (χ0v) is 14.9. The topological polar surface area (TPSA) is 58.7 Å². The number of ketones is 1. The number of carbonyl (C=O) groups is 1. The number of aromatic nitrogens is 1. The van der Waals surface area contributed by atoms with E-state index in [1.165, 1.54) is 11.3 Å². The molecule has 1 aliphatic heterocycles. The standard InChI is InChI=1S/C17H15N3O2S2/c1-10-16(11(2)21)24-17(18-10)20-13(14-5-3-7-22-14)9-12(19-20)15-6-4-8-23-15/h3-8,13H,9H2,1-2H3/t13-/m0/s1. The van der Waals surface area contributed by atoms with Crippen LogP contribution in [0.25, 0.3) is 0 Å².